The molecule has 1 amide bonds. The van der Waals surface area contributed by atoms with E-state index in [4.69, 9.17) is 5.73 Å². The molecule has 1 aromatic heterocycles. The second kappa shape index (κ2) is 8.70. The molecule has 3 N–H and O–H groups in total. The van der Waals surface area contributed by atoms with Crippen molar-refractivity contribution in [2.75, 3.05) is 0 Å². The van der Waals surface area contributed by atoms with E-state index in [0.717, 1.165) is 12.1 Å². The van der Waals surface area contributed by atoms with Crippen LogP contribution in [0.2, 0.25) is 0 Å². The standard InChI is InChI=1S/C12H15F4N.C5H5N3O/c1-11(2,3)17-7-8-4-5-10(13)9(6-8)12(14,15)16;6-5(9)4-3-7-1-2-8-4/h4-6,17H,7H2,1-3H3;1-3H,(H2,6,9). The summed E-state index contributed by atoms with van der Waals surface area (Å²) in [6.45, 7) is 5.98. The molecule has 0 unspecified atom stereocenters. The van der Waals surface area contributed by atoms with Gasteiger partial charge in [-0.1, -0.05) is 6.07 Å². The van der Waals surface area contributed by atoms with Gasteiger partial charge < -0.3 is 11.1 Å². The molecule has 0 radical (unpaired) electrons. The van der Waals surface area contributed by atoms with E-state index in [1.807, 2.05) is 20.8 Å². The van der Waals surface area contributed by atoms with Crippen LogP contribution in [0.1, 0.15) is 42.4 Å². The number of amides is 1. The first kappa shape index (κ1) is 21.5. The van der Waals surface area contributed by atoms with E-state index in [2.05, 4.69) is 15.3 Å². The lowest BCUT2D eigenvalue weighted by Crippen LogP contribution is -2.35. The molecular formula is C17H20F4N4O. The average Bonchev–Trinajstić information content (AvgIpc) is 2.53. The molecule has 26 heavy (non-hydrogen) atoms. The number of rotatable bonds is 3. The number of carbonyl (C=O) groups is 1. The minimum Gasteiger partial charge on any atom is -0.364 e. The zero-order chi connectivity index (χ0) is 20.0. The van der Waals surface area contributed by atoms with Gasteiger partial charge in [-0.2, -0.15) is 13.2 Å². The number of hydrogen-bond donors (Lipinski definition) is 2. The van der Waals surface area contributed by atoms with E-state index in [9.17, 15) is 22.4 Å². The lowest BCUT2D eigenvalue weighted by Gasteiger charge is -2.21. The second-order valence-corrected chi connectivity index (χ2v) is 6.37. The number of alkyl halides is 3. The van der Waals surface area contributed by atoms with Gasteiger partial charge in [0.15, 0.2) is 0 Å². The maximum absolute atomic E-state index is 13.0. The number of primary amides is 1. The number of nitrogens with one attached hydrogen (secondary N) is 1. The number of benzene rings is 1. The monoisotopic (exact) mass is 372 g/mol. The molecule has 0 aliphatic carbocycles. The van der Waals surface area contributed by atoms with Crippen LogP contribution in [0.15, 0.2) is 36.8 Å². The zero-order valence-corrected chi connectivity index (χ0v) is 14.6. The number of nitrogens with zero attached hydrogens (tertiary/aromatic N) is 2. The normalized spacial score (nSPS) is 11.5. The van der Waals surface area contributed by atoms with E-state index in [1.54, 1.807) is 0 Å². The fraction of sp³-hybridized carbons (Fsp3) is 0.353. The van der Waals surface area contributed by atoms with Crippen molar-refractivity contribution in [3.8, 4) is 0 Å². The van der Waals surface area contributed by atoms with Crippen molar-refractivity contribution in [1.82, 2.24) is 15.3 Å². The summed E-state index contributed by atoms with van der Waals surface area (Å²) in [6, 6.07) is 3.04. The Bertz CT molecular complexity index is 728. The molecule has 0 saturated carbocycles. The number of carbonyl (C=O) groups excluding carboxylic acids is 1. The Balaban J connectivity index is 0.000000314. The Morgan fingerprint density at radius 2 is 1.85 bits per heavy atom. The van der Waals surface area contributed by atoms with Gasteiger partial charge in [-0.15, -0.1) is 0 Å². The first-order chi connectivity index (χ1) is 11.9. The van der Waals surface area contributed by atoms with E-state index in [-0.39, 0.29) is 17.8 Å². The van der Waals surface area contributed by atoms with Crippen LogP contribution < -0.4 is 11.1 Å². The maximum Gasteiger partial charge on any atom is 0.419 e. The summed E-state index contributed by atoms with van der Waals surface area (Å²) in [5.74, 6) is -1.79. The van der Waals surface area contributed by atoms with Crippen molar-refractivity contribution in [3.05, 3.63) is 59.4 Å². The number of halogens is 4. The molecule has 1 heterocycles. The van der Waals surface area contributed by atoms with Crippen LogP contribution in [0, 0.1) is 5.82 Å². The van der Waals surface area contributed by atoms with Gasteiger partial charge in [0.2, 0.25) is 0 Å². The van der Waals surface area contributed by atoms with Crippen LogP contribution in [0.4, 0.5) is 17.6 Å². The fourth-order valence-electron chi connectivity index (χ4n) is 1.69. The molecule has 2 aromatic rings. The first-order valence-electron chi connectivity index (χ1n) is 7.56. The number of hydrogen-bond acceptors (Lipinski definition) is 4. The lowest BCUT2D eigenvalue weighted by molar-refractivity contribution is -0.140. The highest BCUT2D eigenvalue weighted by Crippen LogP contribution is 2.31. The second-order valence-electron chi connectivity index (χ2n) is 6.37. The van der Waals surface area contributed by atoms with Crippen LogP contribution >= 0.6 is 0 Å². The quantitative estimate of drug-likeness (QED) is 0.810. The van der Waals surface area contributed by atoms with Crippen molar-refractivity contribution >= 4 is 5.91 Å². The van der Waals surface area contributed by atoms with Gasteiger partial charge in [0.05, 0.1) is 11.8 Å². The minimum atomic E-state index is -4.65. The summed E-state index contributed by atoms with van der Waals surface area (Å²) in [6.07, 6.45) is -0.434. The van der Waals surface area contributed by atoms with E-state index < -0.39 is 23.5 Å². The van der Waals surface area contributed by atoms with Gasteiger partial charge >= 0.3 is 6.18 Å². The Morgan fingerprint density at radius 3 is 2.27 bits per heavy atom. The summed E-state index contributed by atoms with van der Waals surface area (Å²) in [5.41, 5.74) is 4.06. The molecule has 0 atom stereocenters. The van der Waals surface area contributed by atoms with Crippen molar-refractivity contribution in [3.63, 3.8) is 0 Å². The largest absolute Gasteiger partial charge is 0.419 e. The topological polar surface area (TPSA) is 80.9 Å². The number of nitrogens with two attached hydrogens (primary N) is 1. The van der Waals surface area contributed by atoms with Gasteiger partial charge in [-0.3, -0.25) is 9.78 Å². The third-order valence-electron chi connectivity index (χ3n) is 2.97. The van der Waals surface area contributed by atoms with Crippen molar-refractivity contribution in [2.45, 2.75) is 39.0 Å². The summed E-state index contributed by atoms with van der Waals surface area (Å²) in [7, 11) is 0. The van der Waals surface area contributed by atoms with E-state index in [1.165, 1.54) is 24.7 Å². The highest BCUT2D eigenvalue weighted by atomic mass is 19.4. The van der Waals surface area contributed by atoms with Crippen LogP contribution in [0.25, 0.3) is 0 Å². The SMILES string of the molecule is CC(C)(C)NCc1ccc(F)c(C(F)(F)F)c1.NC(=O)c1cnccn1. The van der Waals surface area contributed by atoms with Crippen LogP contribution in [-0.2, 0) is 12.7 Å². The molecule has 5 nitrogen and oxygen atoms in total. The first-order valence-corrected chi connectivity index (χ1v) is 7.56. The van der Waals surface area contributed by atoms with Gasteiger partial charge in [0.25, 0.3) is 5.91 Å². The van der Waals surface area contributed by atoms with Gasteiger partial charge in [0.1, 0.15) is 11.5 Å². The van der Waals surface area contributed by atoms with Crippen LogP contribution in [0.5, 0.6) is 0 Å². The van der Waals surface area contributed by atoms with Gasteiger partial charge in [0, 0.05) is 24.5 Å². The predicted octanol–water partition coefficient (Wildman–Crippen LogP) is 3.31. The van der Waals surface area contributed by atoms with Crippen molar-refractivity contribution in [1.29, 1.82) is 0 Å². The zero-order valence-electron chi connectivity index (χ0n) is 14.6. The third-order valence-corrected chi connectivity index (χ3v) is 2.97. The summed E-state index contributed by atoms with van der Waals surface area (Å²) in [4.78, 5) is 17.6. The molecule has 0 fully saturated rings. The van der Waals surface area contributed by atoms with Crippen LogP contribution in [0.3, 0.4) is 0 Å². The Kier molecular flexibility index (Phi) is 7.19. The molecule has 0 bridgehead atoms. The molecule has 9 heteroatoms. The summed E-state index contributed by atoms with van der Waals surface area (Å²) >= 11 is 0. The molecule has 0 saturated heterocycles. The Morgan fingerprint density at radius 1 is 1.19 bits per heavy atom. The molecule has 2 rings (SSSR count). The molecule has 1 aromatic carbocycles. The Labute approximate surface area is 148 Å². The fourth-order valence-corrected chi connectivity index (χ4v) is 1.69. The summed E-state index contributed by atoms with van der Waals surface area (Å²) in [5, 5.41) is 3.05. The average molecular weight is 372 g/mol. The molecule has 0 aliphatic heterocycles. The van der Waals surface area contributed by atoms with Crippen LogP contribution in [-0.4, -0.2) is 21.4 Å². The van der Waals surface area contributed by atoms with Gasteiger partial charge in [-0.05, 0) is 38.5 Å². The molecule has 142 valence electrons. The third kappa shape index (κ3) is 7.56. The molecular weight excluding hydrogens is 352 g/mol. The van der Waals surface area contributed by atoms with Crippen molar-refractivity contribution < 1.29 is 22.4 Å². The number of aromatic nitrogens is 2. The van der Waals surface area contributed by atoms with E-state index in [0.29, 0.717) is 5.56 Å². The highest BCUT2D eigenvalue weighted by Gasteiger charge is 2.34. The maximum atomic E-state index is 13.0. The summed E-state index contributed by atoms with van der Waals surface area (Å²) < 4.78 is 50.3. The van der Waals surface area contributed by atoms with E-state index >= 15 is 0 Å². The lowest BCUT2D eigenvalue weighted by atomic mass is 10.1. The van der Waals surface area contributed by atoms with Gasteiger partial charge in [-0.25, -0.2) is 9.37 Å². The predicted molar refractivity (Wildman–Crippen MR) is 88.5 cm³/mol. The Hall–Kier alpha value is -2.55. The molecule has 0 aliphatic rings. The molecule has 0 spiro atoms. The smallest absolute Gasteiger partial charge is 0.364 e. The highest BCUT2D eigenvalue weighted by molar-refractivity contribution is 5.90. The minimum absolute atomic E-state index is 0.192. The van der Waals surface area contributed by atoms with Crippen molar-refractivity contribution in [2.24, 2.45) is 5.73 Å².